The van der Waals surface area contributed by atoms with Crippen LogP contribution in [0.2, 0.25) is 0 Å². The molecule has 0 amide bonds. The second-order valence-electron chi connectivity index (χ2n) is 9.04. The highest BCUT2D eigenvalue weighted by Crippen LogP contribution is 2.68. The number of esters is 1. The van der Waals surface area contributed by atoms with Crippen LogP contribution in [-0.2, 0) is 19.6 Å². The molecule has 0 saturated heterocycles. The van der Waals surface area contributed by atoms with Crippen molar-refractivity contribution in [3.63, 3.8) is 0 Å². The van der Waals surface area contributed by atoms with Gasteiger partial charge in [-0.25, -0.2) is 4.79 Å². The lowest BCUT2D eigenvalue weighted by Gasteiger charge is -2.65. The van der Waals surface area contributed by atoms with Crippen LogP contribution < -0.4 is 0 Å². The molecule has 26 heavy (non-hydrogen) atoms. The van der Waals surface area contributed by atoms with Gasteiger partial charge in [-0.05, 0) is 63.2 Å². The Balaban J connectivity index is 1.64. The van der Waals surface area contributed by atoms with Crippen LogP contribution in [0.15, 0.2) is 0 Å². The third-order valence-electron chi connectivity index (χ3n) is 7.30. The lowest BCUT2D eigenvalue weighted by molar-refractivity contribution is -0.245. The molecule has 5 rings (SSSR count). The molecule has 5 saturated carbocycles. The fourth-order valence-corrected chi connectivity index (χ4v) is 6.95. The second-order valence-corrected chi connectivity index (χ2v) is 10.5. The summed E-state index contributed by atoms with van der Waals surface area (Å²) >= 11 is 0. The summed E-state index contributed by atoms with van der Waals surface area (Å²) in [5, 5.41) is 6.29. The van der Waals surface area contributed by atoms with E-state index in [-0.39, 0.29) is 18.3 Å². The quantitative estimate of drug-likeness (QED) is 0.562. The van der Waals surface area contributed by atoms with Gasteiger partial charge in [0.05, 0.1) is 5.60 Å². The number of halogens is 2. The lowest BCUT2D eigenvalue weighted by atomic mass is 9.43. The zero-order valence-electron chi connectivity index (χ0n) is 14.4. The number of hydrogen-bond donors (Lipinski definition) is 2. The van der Waals surface area contributed by atoms with E-state index in [9.17, 15) is 27.1 Å². The number of hydrogen-bond acceptors (Lipinski definition) is 5. The summed E-state index contributed by atoms with van der Waals surface area (Å²) in [6.07, 6.45) is 6.80. The third kappa shape index (κ3) is 2.53. The highest BCUT2D eigenvalue weighted by Gasteiger charge is 2.67. The van der Waals surface area contributed by atoms with Crippen molar-refractivity contribution in [3.8, 4) is 0 Å². The van der Waals surface area contributed by atoms with E-state index in [1.165, 1.54) is 0 Å². The molecule has 5 fully saturated rings. The predicted octanol–water partition coefficient (Wildman–Crippen LogP) is 2.65. The topological polar surface area (TPSA) is 101 Å². The summed E-state index contributed by atoms with van der Waals surface area (Å²) in [6, 6.07) is 0. The second kappa shape index (κ2) is 5.38. The van der Waals surface area contributed by atoms with Crippen molar-refractivity contribution in [3.05, 3.63) is 0 Å². The molecule has 0 aromatic rings. The molecule has 0 spiro atoms. The molecular formula is C17H24F2O6S. The molecule has 0 radical (unpaired) electrons. The van der Waals surface area contributed by atoms with E-state index < -0.39 is 38.0 Å². The van der Waals surface area contributed by atoms with Crippen LogP contribution >= 0.6 is 0 Å². The Morgan fingerprint density at radius 3 is 2.12 bits per heavy atom. The zero-order chi connectivity index (χ0) is 19.0. The van der Waals surface area contributed by atoms with Crippen LogP contribution in [0.4, 0.5) is 8.78 Å². The Morgan fingerprint density at radius 1 is 1.08 bits per heavy atom. The standard InChI is InChI=1S/C17H24F2O6S/c18-17(19,26(22,23)24)13(20)25-15-8-11-5-12(9-15)7-14(6-11,10-15)16(21)3-1-2-4-16/h11-12,21H,1-10H2,(H,22,23,24). The van der Waals surface area contributed by atoms with Crippen LogP contribution in [0.3, 0.4) is 0 Å². The van der Waals surface area contributed by atoms with Gasteiger partial charge in [0.15, 0.2) is 0 Å². The first-order chi connectivity index (χ1) is 11.9. The molecule has 0 aromatic heterocycles. The van der Waals surface area contributed by atoms with Gasteiger partial charge in [-0.2, -0.15) is 17.2 Å². The Bertz CT molecular complexity index is 714. The van der Waals surface area contributed by atoms with E-state index in [4.69, 9.17) is 9.29 Å². The number of aliphatic hydroxyl groups is 1. The van der Waals surface area contributed by atoms with Crippen LogP contribution in [0.1, 0.15) is 64.2 Å². The Labute approximate surface area is 151 Å². The van der Waals surface area contributed by atoms with E-state index in [0.29, 0.717) is 25.7 Å². The third-order valence-corrected chi connectivity index (χ3v) is 8.11. The van der Waals surface area contributed by atoms with Gasteiger partial charge in [-0.15, -0.1) is 0 Å². The Morgan fingerprint density at radius 2 is 1.62 bits per heavy atom. The largest absolute Gasteiger partial charge is 0.465 e. The summed E-state index contributed by atoms with van der Waals surface area (Å²) in [5.41, 5.74) is -2.50. The monoisotopic (exact) mass is 394 g/mol. The minimum atomic E-state index is -5.89. The van der Waals surface area contributed by atoms with Gasteiger partial charge >= 0.3 is 21.3 Å². The van der Waals surface area contributed by atoms with Gasteiger partial charge in [0.2, 0.25) is 0 Å². The first kappa shape index (κ1) is 18.6. The molecular weight excluding hydrogens is 370 g/mol. The summed E-state index contributed by atoms with van der Waals surface area (Å²) < 4.78 is 63.0. The average molecular weight is 394 g/mol. The number of rotatable bonds is 4. The molecule has 6 nitrogen and oxygen atoms in total. The van der Waals surface area contributed by atoms with Crippen molar-refractivity contribution in [1.29, 1.82) is 0 Å². The minimum absolute atomic E-state index is 0.174. The van der Waals surface area contributed by atoms with Crippen molar-refractivity contribution < 1.29 is 36.4 Å². The van der Waals surface area contributed by atoms with E-state index in [0.717, 1.165) is 32.1 Å². The van der Waals surface area contributed by atoms with Crippen molar-refractivity contribution in [2.45, 2.75) is 80.7 Å². The Hall–Kier alpha value is -0.800. The molecule has 5 aliphatic carbocycles. The van der Waals surface area contributed by atoms with Gasteiger partial charge in [0.1, 0.15) is 5.60 Å². The number of carbonyl (C=O) groups is 1. The summed E-state index contributed by atoms with van der Waals surface area (Å²) in [4.78, 5) is 11.9. The highest BCUT2D eigenvalue weighted by molar-refractivity contribution is 7.87. The van der Waals surface area contributed by atoms with E-state index >= 15 is 0 Å². The molecule has 0 heterocycles. The molecule has 2 atom stereocenters. The fraction of sp³-hybridized carbons (Fsp3) is 0.941. The van der Waals surface area contributed by atoms with Crippen LogP contribution in [-0.4, -0.2) is 40.5 Å². The molecule has 9 heteroatoms. The van der Waals surface area contributed by atoms with Gasteiger partial charge in [-0.1, -0.05) is 12.8 Å². The van der Waals surface area contributed by atoms with Gasteiger partial charge < -0.3 is 9.84 Å². The lowest BCUT2D eigenvalue weighted by Crippen LogP contribution is -2.64. The minimum Gasteiger partial charge on any atom is -0.454 e. The van der Waals surface area contributed by atoms with Crippen molar-refractivity contribution in [1.82, 2.24) is 0 Å². The maximum atomic E-state index is 13.7. The molecule has 2 N–H and O–H groups in total. The van der Waals surface area contributed by atoms with Gasteiger partial charge in [0.25, 0.3) is 0 Å². The maximum Gasteiger partial charge on any atom is 0.465 e. The first-order valence-corrected chi connectivity index (χ1v) is 10.7. The van der Waals surface area contributed by atoms with Crippen LogP contribution in [0, 0.1) is 17.3 Å². The van der Waals surface area contributed by atoms with E-state index in [2.05, 4.69) is 0 Å². The molecule has 2 unspecified atom stereocenters. The van der Waals surface area contributed by atoms with E-state index in [1.54, 1.807) is 0 Å². The molecule has 148 valence electrons. The average Bonchev–Trinajstić information content (AvgIpc) is 2.92. The predicted molar refractivity (Wildman–Crippen MR) is 85.9 cm³/mol. The van der Waals surface area contributed by atoms with Crippen molar-refractivity contribution in [2.75, 3.05) is 0 Å². The van der Waals surface area contributed by atoms with Crippen LogP contribution in [0.25, 0.3) is 0 Å². The first-order valence-electron chi connectivity index (χ1n) is 9.21. The van der Waals surface area contributed by atoms with Crippen molar-refractivity contribution in [2.24, 2.45) is 17.3 Å². The summed E-state index contributed by atoms with van der Waals surface area (Å²) in [6.45, 7) is 0. The molecule has 4 bridgehead atoms. The number of alkyl halides is 2. The number of ether oxygens (including phenoxy) is 1. The SMILES string of the molecule is O=C(OC12CC3CC(C1)CC(C1(O)CCCC1)(C3)C2)C(F)(F)S(=O)(=O)O. The molecule has 5 aliphatic rings. The van der Waals surface area contributed by atoms with Crippen molar-refractivity contribution >= 4 is 16.1 Å². The Kier molecular flexibility index (Phi) is 3.84. The molecule has 0 aliphatic heterocycles. The normalized spacial score (nSPS) is 41.4. The van der Waals surface area contributed by atoms with E-state index in [1.807, 2.05) is 0 Å². The summed E-state index contributed by atoms with van der Waals surface area (Å²) in [5.74, 6) is -1.86. The highest BCUT2D eigenvalue weighted by atomic mass is 32.2. The number of carbonyl (C=O) groups excluding carboxylic acids is 1. The molecule has 0 aromatic carbocycles. The smallest absolute Gasteiger partial charge is 0.454 e. The fourth-order valence-electron chi connectivity index (χ4n) is 6.69. The maximum absolute atomic E-state index is 13.7. The summed E-state index contributed by atoms with van der Waals surface area (Å²) in [7, 11) is -5.89. The zero-order valence-corrected chi connectivity index (χ0v) is 15.2. The van der Waals surface area contributed by atoms with Gasteiger partial charge in [-0.3, -0.25) is 4.55 Å². The van der Waals surface area contributed by atoms with Gasteiger partial charge in [0, 0.05) is 5.41 Å². The van der Waals surface area contributed by atoms with Crippen LogP contribution in [0.5, 0.6) is 0 Å².